The van der Waals surface area contributed by atoms with Crippen LogP contribution < -0.4 is 0 Å². The normalized spacial score (nSPS) is 14.6. The smallest absolute Gasteiger partial charge is 0.331 e. The first kappa shape index (κ1) is 14.8. The van der Waals surface area contributed by atoms with Crippen LogP contribution in [0.2, 0.25) is 10.3 Å². The van der Waals surface area contributed by atoms with Gasteiger partial charge in [-0.05, 0) is 6.26 Å². The maximum atomic E-state index is 5.76. The molecular weight excluding hydrogens is 422 g/mol. The zero-order valence-corrected chi connectivity index (χ0v) is 12.7. The molecule has 2 unspecified atom stereocenters. The van der Waals surface area contributed by atoms with E-state index in [0.29, 0.717) is 21.5 Å². The van der Waals surface area contributed by atoms with E-state index in [-0.39, 0.29) is 21.1 Å². The van der Waals surface area contributed by atoms with Crippen LogP contribution in [-0.4, -0.2) is 21.5 Å². The van der Waals surface area contributed by atoms with E-state index in [2.05, 4.69) is 30.1 Å². The molecule has 1 N–H and O–H groups in total. The van der Waals surface area contributed by atoms with Crippen LogP contribution in [0.25, 0.3) is 0 Å². The number of rotatable bonds is 3. The van der Waals surface area contributed by atoms with Gasteiger partial charge >= 0.3 is 21.1 Å². The van der Waals surface area contributed by atoms with Gasteiger partial charge < -0.3 is 4.98 Å². The minimum Gasteiger partial charge on any atom is -0.331 e. The van der Waals surface area contributed by atoms with Crippen LogP contribution in [0.3, 0.4) is 0 Å². The van der Waals surface area contributed by atoms with Gasteiger partial charge in [-0.25, -0.2) is 4.98 Å². The third kappa shape index (κ3) is 3.44. The fourth-order valence-corrected chi connectivity index (χ4v) is 1.80. The minimum absolute atomic E-state index is 0. The Hall–Kier alpha value is 0.828. The zero-order chi connectivity index (χ0) is 10.0. The van der Waals surface area contributed by atoms with Crippen molar-refractivity contribution in [3.63, 3.8) is 0 Å². The Bertz CT molecular complexity index is 273. The molecule has 6 heteroatoms. The first-order valence-corrected chi connectivity index (χ1v) is 6.04. The van der Waals surface area contributed by atoms with Crippen LogP contribution >= 0.6 is 35.0 Å². The molecule has 1 rings (SSSR count). The van der Waals surface area contributed by atoms with Gasteiger partial charge in [0.05, 0.1) is 0 Å². The number of aromatic amines is 1. The Labute approximate surface area is 113 Å². The van der Waals surface area contributed by atoms with Crippen molar-refractivity contribution >= 4 is 35.0 Å². The number of thioether (sulfide) groups is 1. The summed E-state index contributed by atoms with van der Waals surface area (Å²) in [5, 5.41) is 1.28. The van der Waals surface area contributed by atoms with Gasteiger partial charge in [-0.2, -0.15) is 11.8 Å². The van der Waals surface area contributed by atoms with Crippen molar-refractivity contribution in [2.24, 2.45) is 0 Å². The SMILES string of the molecule is CSC(C)C(C)c1nc(Cl)c(Cl)[nH]1.[Pt+2]. The van der Waals surface area contributed by atoms with Crippen LogP contribution in [0, 0.1) is 0 Å². The summed E-state index contributed by atoms with van der Waals surface area (Å²) in [4.78, 5) is 7.11. The summed E-state index contributed by atoms with van der Waals surface area (Å²) >= 11 is 13.3. The Kier molecular flexibility index (Phi) is 6.80. The molecule has 0 radical (unpaired) electrons. The average Bonchev–Trinajstić information content (AvgIpc) is 2.44. The molecule has 2 nitrogen and oxygen atoms in total. The predicted octanol–water partition coefficient (Wildman–Crippen LogP) is 3.57. The number of H-pyrrole nitrogens is 1. The second-order valence-corrected chi connectivity index (χ2v) is 4.91. The van der Waals surface area contributed by atoms with Gasteiger partial charge in [-0.3, -0.25) is 0 Å². The standard InChI is InChI=1S/C8H12Cl2N2S.Pt/c1-4(5(2)13-3)8-11-6(9)7(10)12-8;/h4-5H,1-3H3,(H,11,12);/q;+2. The van der Waals surface area contributed by atoms with Crippen LogP contribution in [0.1, 0.15) is 25.6 Å². The fraction of sp³-hybridized carbons (Fsp3) is 0.625. The van der Waals surface area contributed by atoms with Gasteiger partial charge in [0, 0.05) is 11.2 Å². The summed E-state index contributed by atoms with van der Waals surface area (Å²) in [6, 6.07) is 0. The molecule has 0 saturated carbocycles. The fourth-order valence-electron chi connectivity index (χ4n) is 0.989. The van der Waals surface area contributed by atoms with Crippen LogP contribution in [0.4, 0.5) is 0 Å². The third-order valence-corrected chi connectivity index (χ3v) is 3.94. The Morgan fingerprint density at radius 2 is 1.93 bits per heavy atom. The molecule has 2 atom stereocenters. The molecule has 0 spiro atoms. The summed E-state index contributed by atoms with van der Waals surface area (Å²) < 4.78 is 0. The van der Waals surface area contributed by atoms with Crippen LogP contribution in [0.15, 0.2) is 0 Å². The van der Waals surface area contributed by atoms with Crippen molar-refractivity contribution in [2.75, 3.05) is 6.26 Å². The summed E-state index contributed by atoms with van der Waals surface area (Å²) in [6.07, 6.45) is 2.08. The number of hydrogen-bond acceptors (Lipinski definition) is 2. The Morgan fingerprint density at radius 3 is 2.29 bits per heavy atom. The van der Waals surface area contributed by atoms with Gasteiger partial charge in [0.25, 0.3) is 0 Å². The van der Waals surface area contributed by atoms with Crippen molar-refractivity contribution in [1.29, 1.82) is 0 Å². The molecule has 0 aliphatic heterocycles. The number of nitrogens with zero attached hydrogens (tertiary/aromatic N) is 1. The largest absolute Gasteiger partial charge is 2.00 e. The quantitative estimate of drug-likeness (QED) is 0.789. The van der Waals surface area contributed by atoms with Crippen LogP contribution in [0.5, 0.6) is 0 Å². The van der Waals surface area contributed by atoms with E-state index < -0.39 is 0 Å². The second-order valence-electron chi connectivity index (χ2n) is 2.96. The van der Waals surface area contributed by atoms with Gasteiger partial charge in [-0.1, -0.05) is 37.0 Å². The van der Waals surface area contributed by atoms with E-state index >= 15 is 0 Å². The van der Waals surface area contributed by atoms with E-state index in [4.69, 9.17) is 23.2 Å². The van der Waals surface area contributed by atoms with Crippen molar-refractivity contribution in [1.82, 2.24) is 9.97 Å². The van der Waals surface area contributed by atoms with Crippen LogP contribution in [-0.2, 0) is 21.1 Å². The molecule has 1 aromatic rings. The first-order valence-electron chi connectivity index (χ1n) is 4.00. The number of hydrogen-bond donors (Lipinski definition) is 1. The summed E-state index contributed by atoms with van der Waals surface area (Å²) in [7, 11) is 0. The van der Waals surface area contributed by atoms with Crippen molar-refractivity contribution in [3.05, 3.63) is 16.1 Å². The third-order valence-electron chi connectivity index (χ3n) is 2.14. The first-order chi connectivity index (χ1) is 6.06. The van der Waals surface area contributed by atoms with Gasteiger partial charge in [-0.15, -0.1) is 0 Å². The Balaban J connectivity index is 0.00000169. The molecule has 1 aromatic heterocycles. The zero-order valence-electron chi connectivity index (χ0n) is 8.08. The number of halogens is 2. The average molecular weight is 434 g/mol. The van der Waals surface area contributed by atoms with E-state index in [1.807, 2.05) is 0 Å². The molecule has 0 aromatic carbocycles. The molecule has 0 aliphatic rings. The maximum Gasteiger partial charge on any atom is 2.00 e. The molecule has 0 fully saturated rings. The monoisotopic (exact) mass is 433 g/mol. The molecular formula is C8H12Cl2N2PtS+2. The molecule has 14 heavy (non-hydrogen) atoms. The summed E-state index contributed by atoms with van der Waals surface area (Å²) in [5.41, 5.74) is 0. The summed E-state index contributed by atoms with van der Waals surface area (Å²) in [5.74, 6) is 1.19. The minimum atomic E-state index is 0. The molecule has 0 amide bonds. The van der Waals surface area contributed by atoms with Gasteiger partial charge in [0.1, 0.15) is 11.0 Å². The van der Waals surface area contributed by atoms with E-state index in [1.54, 1.807) is 11.8 Å². The van der Waals surface area contributed by atoms with E-state index in [1.165, 1.54) is 0 Å². The molecule has 0 saturated heterocycles. The Morgan fingerprint density at radius 1 is 1.36 bits per heavy atom. The van der Waals surface area contributed by atoms with E-state index in [9.17, 15) is 0 Å². The second kappa shape index (κ2) is 6.42. The van der Waals surface area contributed by atoms with Gasteiger partial charge in [0.2, 0.25) is 0 Å². The van der Waals surface area contributed by atoms with E-state index in [0.717, 1.165) is 5.82 Å². The predicted molar refractivity (Wildman–Crippen MR) is 60.0 cm³/mol. The molecule has 0 aliphatic carbocycles. The van der Waals surface area contributed by atoms with Gasteiger partial charge in [0.15, 0.2) is 5.15 Å². The van der Waals surface area contributed by atoms with Crippen molar-refractivity contribution in [2.45, 2.75) is 25.0 Å². The topological polar surface area (TPSA) is 28.7 Å². The molecule has 0 bridgehead atoms. The summed E-state index contributed by atoms with van der Waals surface area (Å²) in [6.45, 7) is 4.26. The number of nitrogens with one attached hydrogen (secondary N) is 1. The van der Waals surface area contributed by atoms with Crippen molar-refractivity contribution < 1.29 is 21.1 Å². The maximum absolute atomic E-state index is 5.76. The number of imidazole rings is 1. The number of aromatic nitrogens is 2. The molecule has 1 heterocycles. The molecule has 82 valence electrons. The van der Waals surface area contributed by atoms with Crippen molar-refractivity contribution in [3.8, 4) is 0 Å².